The third-order valence-electron chi connectivity index (χ3n) is 3.27. The topological polar surface area (TPSA) is 93.1 Å². The monoisotopic (exact) mass is 298 g/mol. The molecule has 0 spiro atoms. The van der Waals surface area contributed by atoms with Crippen molar-refractivity contribution in [3.05, 3.63) is 29.9 Å². The number of aryl methyl sites for hydroxylation is 1. The van der Waals surface area contributed by atoms with E-state index in [1.165, 1.54) is 0 Å². The van der Waals surface area contributed by atoms with Gasteiger partial charge in [0.15, 0.2) is 0 Å². The van der Waals surface area contributed by atoms with Crippen molar-refractivity contribution in [2.24, 2.45) is 0 Å². The Hall–Kier alpha value is -1.67. The lowest BCUT2D eigenvalue weighted by Crippen LogP contribution is -2.49. The summed E-state index contributed by atoms with van der Waals surface area (Å²) < 4.78 is 27.5. The molecule has 2 N–H and O–H groups in total. The van der Waals surface area contributed by atoms with Crippen LogP contribution in [-0.4, -0.2) is 30.1 Å². The molecule has 7 nitrogen and oxygen atoms in total. The summed E-state index contributed by atoms with van der Waals surface area (Å²) >= 11 is 0. The number of nitrogens with one attached hydrogen (secondary N) is 2. The number of hydrogen-bond acceptors (Lipinski definition) is 4. The smallest absolute Gasteiger partial charge is 0.233 e. The van der Waals surface area contributed by atoms with E-state index in [1.54, 1.807) is 10.9 Å². The maximum absolute atomic E-state index is 11.6. The van der Waals surface area contributed by atoms with Crippen molar-refractivity contribution in [3.63, 3.8) is 0 Å². The molecule has 110 valence electrons. The molecule has 1 amide bonds. The van der Waals surface area contributed by atoms with E-state index in [1.807, 2.05) is 13.1 Å². The van der Waals surface area contributed by atoms with Crippen LogP contribution in [0.5, 0.6) is 0 Å². The fourth-order valence-electron chi connectivity index (χ4n) is 2.21. The number of rotatable bonds is 5. The van der Waals surface area contributed by atoms with Gasteiger partial charge in [-0.3, -0.25) is 9.48 Å². The molecular weight excluding hydrogens is 280 g/mol. The number of piperidine rings is 1. The van der Waals surface area contributed by atoms with Gasteiger partial charge in [-0.15, -0.1) is 0 Å². The van der Waals surface area contributed by atoms with Gasteiger partial charge < -0.3 is 5.32 Å². The summed E-state index contributed by atoms with van der Waals surface area (Å²) in [6, 6.07) is -0.809. The molecule has 0 radical (unpaired) electrons. The fraction of sp³-hybridized carbons (Fsp3) is 0.500. The van der Waals surface area contributed by atoms with Crippen molar-refractivity contribution in [2.45, 2.75) is 38.4 Å². The van der Waals surface area contributed by atoms with Crippen molar-refractivity contribution >= 4 is 15.9 Å². The molecule has 1 aromatic rings. The van der Waals surface area contributed by atoms with E-state index >= 15 is 0 Å². The molecule has 1 aromatic heterocycles. The van der Waals surface area contributed by atoms with Gasteiger partial charge in [0, 0.05) is 36.2 Å². The Morgan fingerprint density at radius 2 is 2.40 bits per heavy atom. The summed E-state index contributed by atoms with van der Waals surface area (Å²) in [5.41, 5.74) is 0.789. The zero-order valence-corrected chi connectivity index (χ0v) is 12.1. The molecule has 20 heavy (non-hydrogen) atoms. The maximum Gasteiger partial charge on any atom is 0.233 e. The number of nitrogens with zero attached hydrogens (tertiary/aromatic N) is 2. The van der Waals surface area contributed by atoms with E-state index in [0.29, 0.717) is 19.4 Å². The van der Waals surface area contributed by atoms with Crippen LogP contribution in [0.4, 0.5) is 0 Å². The van der Waals surface area contributed by atoms with E-state index in [-0.39, 0.29) is 5.91 Å². The molecule has 0 aliphatic carbocycles. The first-order valence-corrected chi connectivity index (χ1v) is 7.96. The van der Waals surface area contributed by atoms with Crippen LogP contribution < -0.4 is 10.0 Å². The van der Waals surface area contributed by atoms with Crippen LogP contribution in [0, 0.1) is 0 Å². The molecule has 0 saturated carbocycles. The van der Waals surface area contributed by atoms with Gasteiger partial charge in [-0.2, -0.15) is 5.10 Å². The Morgan fingerprint density at radius 1 is 1.65 bits per heavy atom. The lowest BCUT2D eigenvalue weighted by atomic mass is 9.95. The summed E-state index contributed by atoms with van der Waals surface area (Å²) in [6.07, 6.45) is 4.20. The van der Waals surface area contributed by atoms with Gasteiger partial charge in [-0.05, 0) is 13.3 Å². The second-order valence-electron chi connectivity index (χ2n) is 4.65. The molecule has 2 heterocycles. The quantitative estimate of drug-likeness (QED) is 0.817. The first kappa shape index (κ1) is 14.7. The third kappa shape index (κ3) is 3.26. The molecule has 2 rings (SSSR count). The predicted octanol–water partition coefficient (Wildman–Crippen LogP) is 0.286. The summed E-state index contributed by atoms with van der Waals surface area (Å²) in [7, 11) is -3.54. The molecule has 1 fully saturated rings. The highest BCUT2D eigenvalue weighted by Gasteiger charge is 2.32. The summed E-state index contributed by atoms with van der Waals surface area (Å²) in [4.78, 5) is 11.6. The van der Waals surface area contributed by atoms with E-state index in [0.717, 1.165) is 11.0 Å². The van der Waals surface area contributed by atoms with Gasteiger partial charge in [0.2, 0.25) is 15.9 Å². The van der Waals surface area contributed by atoms with Gasteiger partial charge in [-0.1, -0.05) is 6.58 Å². The van der Waals surface area contributed by atoms with Gasteiger partial charge >= 0.3 is 0 Å². The second-order valence-corrected chi connectivity index (χ2v) is 6.31. The molecule has 0 bridgehead atoms. The van der Waals surface area contributed by atoms with Gasteiger partial charge in [-0.25, -0.2) is 13.1 Å². The van der Waals surface area contributed by atoms with E-state index in [9.17, 15) is 13.2 Å². The average molecular weight is 298 g/mol. The van der Waals surface area contributed by atoms with Crippen molar-refractivity contribution in [1.29, 1.82) is 0 Å². The maximum atomic E-state index is 11.6. The summed E-state index contributed by atoms with van der Waals surface area (Å²) in [6.45, 7) is 5.94. The average Bonchev–Trinajstić information content (AvgIpc) is 2.89. The number of carbonyl (C=O) groups excluding carboxylic acids is 1. The van der Waals surface area contributed by atoms with E-state index in [4.69, 9.17) is 0 Å². The van der Waals surface area contributed by atoms with E-state index < -0.39 is 22.1 Å². The van der Waals surface area contributed by atoms with Crippen LogP contribution in [0.2, 0.25) is 0 Å². The molecular formula is C12H18N4O3S. The third-order valence-corrected chi connectivity index (χ3v) is 4.34. The van der Waals surface area contributed by atoms with Gasteiger partial charge in [0.05, 0.1) is 12.2 Å². The minimum Gasteiger partial charge on any atom is -0.348 e. The van der Waals surface area contributed by atoms with E-state index in [2.05, 4.69) is 21.7 Å². The highest BCUT2D eigenvalue weighted by molar-refractivity contribution is 7.92. The normalized spacial score (nSPS) is 23.4. The first-order valence-electron chi connectivity index (χ1n) is 6.41. The lowest BCUT2D eigenvalue weighted by molar-refractivity contribution is -0.123. The second kappa shape index (κ2) is 5.76. The largest absolute Gasteiger partial charge is 0.348 e. The zero-order chi connectivity index (χ0) is 14.8. The molecule has 1 aliphatic heterocycles. The summed E-state index contributed by atoms with van der Waals surface area (Å²) in [5.74, 6) is -0.0895. The standard InChI is InChI=1S/C12H18N4O3S/c1-3-16-8-9(7-13-16)12-10(5-6-11(17)14-12)15-20(18,19)4-2/h4,7-8,10,12,15H,2-3,5-6H2,1H3,(H,14,17)/t10-,12+/m1/s1. The highest BCUT2D eigenvalue weighted by Crippen LogP contribution is 2.24. The predicted molar refractivity (Wildman–Crippen MR) is 74.1 cm³/mol. The molecule has 0 aromatic carbocycles. The van der Waals surface area contributed by atoms with Gasteiger partial charge in [0.25, 0.3) is 0 Å². The molecule has 1 saturated heterocycles. The Labute approximate surface area is 118 Å². The lowest BCUT2D eigenvalue weighted by Gasteiger charge is -2.31. The Balaban J connectivity index is 2.24. The van der Waals surface area contributed by atoms with Crippen LogP contribution in [0.1, 0.15) is 31.4 Å². The molecule has 0 unspecified atom stereocenters. The molecule has 2 atom stereocenters. The van der Waals surface area contributed by atoms with Gasteiger partial charge in [0.1, 0.15) is 0 Å². The number of aromatic nitrogens is 2. The fourth-order valence-corrected chi connectivity index (χ4v) is 2.99. The Kier molecular flexibility index (Phi) is 4.24. The number of sulfonamides is 1. The number of hydrogen-bond donors (Lipinski definition) is 2. The minimum absolute atomic E-state index is 0.0895. The van der Waals surface area contributed by atoms with Crippen molar-refractivity contribution in [1.82, 2.24) is 19.8 Å². The SMILES string of the molecule is C=CS(=O)(=O)N[C@@H]1CCC(=O)N[C@H]1c1cnn(CC)c1. The van der Waals surface area contributed by atoms with Crippen LogP contribution in [0.25, 0.3) is 0 Å². The molecule has 1 aliphatic rings. The minimum atomic E-state index is -3.54. The Bertz CT molecular complexity index is 608. The van der Waals surface area contributed by atoms with Crippen LogP contribution in [0.15, 0.2) is 24.4 Å². The van der Waals surface area contributed by atoms with Crippen molar-refractivity contribution in [2.75, 3.05) is 0 Å². The first-order chi connectivity index (χ1) is 9.45. The van der Waals surface area contributed by atoms with Crippen LogP contribution in [0.3, 0.4) is 0 Å². The molecule has 8 heteroatoms. The summed E-state index contributed by atoms with van der Waals surface area (Å²) in [5, 5.41) is 7.84. The van der Waals surface area contributed by atoms with Crippen molar-refractivity contribution in [3.8, 4) is 0 Å². The Morgan fingerprint density at radius 3 is 3.00 bits per heavy atom. The zero-order valence-electron chi connectivity index (χ0n) is 11.2. The highest BCUT2D eigenvalue weighted by atomic mass is 32.2. The van der Waals surface area contributed by atoms with Crippen LogP contribution >= 0.6 is 0 Å². The van der Waals surface area contributed by atoms with Crippen LogP contribution in [-0.2, 0) is 21.4 Å². The number of amides is 1. The number of carbonyl (C=O) groups is 1. The van der Waals surface area contributed by atoms with Crippen molar-refractivity contribution < 1.29 is 13.2 Å².